The molecule has 3 atom stereocenters. The molecule has 2 unspecified atom stereocenters. The number of aliphatic hydroxyl groups excluding tert-OH is 1. The van der Waals surface area contributed by atoms with E-state index in [-0.39, 0.29) is 35.7 Å². The summed E-state index contributed by atoms with van der Waals surface area (Å²) in [6.07, 6.45) is 0.262. The molecule has 4 heterocycles. The number of ether oxygens (including phenoxy) is 2. The van der Waals surface area contributed by atoms with Crippen LogP contribution in [-0.2, 0) is 17.9 Å². The fourth-order valence-corrected chi connectivity index (χ4v) is 8.61. The standard InChI is InChI=1S/C48H48N4O7/c53-41-20-18-39(40-19-21-45(56)50-47(40)41)42(54)28-49-27-32-14-16-33(17-15-32)31-58-38-13-7-12-37(26-38)46(36-10-5-2-6-11-36)51-48(57)59-44-30-52(24-22-35(44)23-25-52)29-43(55)34-8-3-1-4-9-34/h1-21,26,35,42,44,46,49,54H,22-25,27-31H2,(H2-,50,51,53,56,57)/p+1/t35?,42?,44-,46?,52?/m0/s1. The van der Waals surface area contributed by atoms with E-state index < -0.39 is 18.2 Å². The molecule has 0 radical (unpaired) electrons. The molecule has 3 aliphatic heterocycles. The van der Waals surface area contributed by atoms with Crippen LogP contribution in [0.15, 0.2) is 138 Å². The van der Waals surface area contributed by atoms with Crippen molar-refractivity contribution in [3.63, 3.8) is 0 Å². The number of hydrogen-bond acceptors (Lipinski definition) is 8. The Kier molecular flexibility index (Phi) is 11.9. The zero-order valence-electron chi connectivity index (χ0n) is 32.8. The van der Waals surface area contributed by atoms with Crippen LogP contribution in [0.1, 0.15) is 63.2 Å². The normalized spacial score (nSPS) is 19.5. The second-order valence-electron chi connectivity index (χ2n) is 15.8. The molecule has 1 amide bonds. The van der Waals surface area contributed by atoms with E-state index in [0.717, 1.165) is 53.7 Å². The number of phenols is 1. The minimum atomic E-state index is -0.850. The number of hydrogen-bond donors (Lipinski definition) is 5. The van der Waals surface area contributed by atoms with Gasteiger partial charge in [-0.1, -0.05) is 103 Å². The minimum absolute atomic E-state index is 0.0467. The van der Waals surface area contributed by atoms with E-state index in [4.69, 9.17) is 9.47 Å². The highest BCUT2D eigenvalue weighted by Gasteiger charge is 2.48. The number of fused-ring (bicyclic) bond motifs is 4. The highest BCUT2D eigenvalue weighted by Crippen LogP contribution is 2.36. The van der Waals surface area contributed by atoms with Gasteiger partial charge in [-0.15, -0.1) is 0 Å². The summed E-state index contributed by atoms with van der Waals surface area (Å²) in [4.78, 5) is 41.3. The van der Waals surface area contributed by atoms with Gasteiger partial charge in [-0.05, 0) is 52.1 Å². The van der Waals surface area contributed by atoms with Gasteiger partial charge in [-0.3, -0.25) is 9.59 Å². The van der Waals surface area contributed by atoms with E-state index >= 15 is 0 Å². The Labute approximate surface area is 342 Å². The van der Waals surface area contributed by atoms with E-state index in [9.17, 15) is 24.6 Å². The molecule has 1 aromatic heterocycles. The molecule has 3 fully saturated rings. The lowest BCUT2D eigenvalue weighted by molar-refractivity contribution is -0.938. The van der Waals surface area contributed by atoms with Crippen molar-refractivity contribution in [1.29, 1.82) is 0 Å². The summed E-state index contributed by atoms with van der Waals surface area (Å²) in [7, 11) is 0. The number of nitrogens with zero attached hydrogens (tertiary/aromatic N) is 1. The van der Waals surface area contributed by atoms with Crippen LogP contribution in [0.5, 0.6) is 11.5 Å². The third-order valence-corrected chi connectivity index (χ3v) is 11.8. The predicted octanol–water partition coefficient (Wildman–Crippen LogP) is 6.94. The molecular weight excluding hydrogens is 745 g/mol. The van der Waals surface area contributed by atoms with Crippen LogP contribution in [0.2, 0.25) is 0 Å². The molecular formula is C48H49N4O7+. The second-order valence-corrected chi connectivity index (χ2v) is 15.8. The van der Waals surface area contributed by atoms with Crippen LogP contribution in [0.25, 0.3) is 10.9 Å². The summed E-state index contributed by atoms with van der Waals surface area (Å²) < 4.78 is 13.1. The summed E-state index contributed by atoms with van der Waals surface area (Å²) in [5, 5.41) is 28.1. The highest BCUT2D eigenvalue weighted by atomic mass is 16.6. The fraction of sp³-hybridized carbons (Fsp3) is 0.271. The zero-order chi connectivity index (χ0) is 40.8. The van der Waals surface area contributed by atoms with Gasteiger partial charge in [0.2, 0.25) is 11.3 Å². The smallest absolute Gasteiger partial charge is 0.408 e. The molecule has 2 bridgehead atoms. The van der Waals surface area contributed by atoms with Crippen molar-refractivity contribution in [2.45, 2.75) is 44.2 Å². The molecule has 59 heavy (non-hydrogen) atoms. The first kappa shape index (κ1) is 39.6. The Hall–Kier alpha value is -6.27. The SMILES string of the molecule is O=C(NC(c1ccccc1)c1cccc(OCc2ccc(CNCC(O)c3ccc(O)c4[nH]c(=O)ccc34)cc2)c1)O[C@H]1C[N+]2(CC(=O)c3ccccc3)CCC1CC2. The van der Waals surface area contributed by atoms with Crippen LogP contribution >= 0.6 is 0 Å². The van der Waals surface area contributed by atoms with Crippen LogP contribution < -0.4 is 20.9 Å². The second kappa shape index (κ2) is 17.7. The number of benzene rings is 5. The number of carbonyl (C=O) groups excluding carboxylic acids is 2. The highest BCUT2D eigenvalue weighted by molar-refractivity contribution is 5.97. The number of aliphatic hydroxyl groups is 1. The monoisotopic (exact) mass is 793 g/mol. The third-order valence-electron chi connectivity index (χ3n) is 11.8. The lowest BCUT2D eigenvalue weighted by Gasteiger charge is -2.51. The number of pyridine rings is 1. The predicted molar refractivity (Wildman–Crippen MR) is 225 cm³/mol. The van der Waals surface area contributed by atoms with Crippen molar-refractivity contribution in [2.24, 2.45) is 5.92 Å². The van der Waals surface area contributed by atoms with Gasteiger partial charge in [0.05, 0.1) is 30.8 Å². The molecule has 0 saturated carbocycles. The van der Waals surface area contributed by atoms with Crippen LogP contribution in [0, 0.1) is 5.92 Å². The fourth-order valence-electron chi connectivity index (χ4n) is 8.61. The van der Waals surface area contributed by atoms with Gasteiger partial charge in [0, 0.05) is 48.9 Å². The maximum Gasteiger partial charge on any atom is 0.408 e. The number of Topliss-reactive ketones (excluding diaryl/α,β-unsaturated/α-hetero) is 1. The number of quaternary nitrogens is 1. The Morgan fingerprint density at radius 3 is 2.29 bits per heavy atom. The number of phenolic OH excluding ortho intramolecular Hbond substituents is 1. The van der Waals surface area contributed by atoms with Gasteiger partial charge in [0.1, 0.15) is 31.2 Å². The maximum absolute atomic E-state index is 13.7. The quantitative estimate of drug-likeness (QED) is 0.0555. The number of H-pyrrole nitrogens is 1. The number of nitrogens with one attached hydrogen (secondary N) is 3. The van der Waals surface area contributed by atoms with E-state index in [0.29, 0.717) is 52.9 Å². The minimum Gasteiger partial charge on any atom is -0.506 e. The van der Waals surface area contributed by atoms with Gasteiger partial charge in [-0.2, -0.15) is 0 Å². The van der Waals surface area contributed by atoms with Gasteiger partial charge in [0.15, 0.2) is 6.10 Å². The first-order chi connectivity index (χ1) is 28.7. The number of carbonyl (C=O) groups is 2. The maximum atomic E-state index is 13.7. The van der Waals surface area contributed by atoms with Crippen molar-refractivity contribution in [1.82, 2.24) is 15.6 Å². The molecule has 0 spiro atoms. The average Bonchev–Trinajstić information content (AvgIpc) is 3.26. The Morgan fingerprint density at radius 1 is 0.814 bits per heavy atom. The molecule has 9 rings (SSSR count). The lowest BCUT2D eigenvalue weighted by atomic mass is 9.83. The third kappa shape index (κ3) is 9.39. The summed E-state index contributed by atoms with van der Waals surface area (Å²) in [6.45, 7) is 4.03. The molecule has 6 aromatic rings. The Bertz CT molecular complexity index is 2450. The molecule has 3 saturated heterocycles. The zero-order valence-corrected chi connectivity index (χ0v) is 32.8. The van der Waals surface area contributed by atoms with E-state index in [1.807, 2.05) is 109 Å². The van der Waals surface area contributed by atoms with E-state index in [1.54, 1.807) is 12.1 Å². The number of piperidine rings is 3. The number of aromatic nitrogens is 1. The largest absolute Gasteiger partial charge is 0.506 e. The summed E-state index contributed by atoms with van der Waals surface area (Å²) in [6, 6.07) is 40.6. The Balaban J connectivity index is 0.863. The number of aromatic hydroxyl groups is 1. The number of rotatable bonds is 15. The molecule has 0 aliphatic carbocycles. The van der Waals surface area contributed by atoms with Crippen molar-refractivity contribution in [2.75, 3.05) is 32.7 Å². The number of alkyl carbamates (subject to hydrolysis) is 1. The summed E-state index contributed by atoms with van der Waals surface area (Å²) in [5.74, 6) is 1.03. The van der Waals surface area contributed by atoms with Gasteiger partial charge in [0.25, 0.3) is 0 Å². The lowest BCUT2D eigenvalue weighted by Crippen LogP contribution is -2.66. The van der Waals surface area contributed by atoms with Crippen molar-refractivity contribution in [3.05, 3.63) is 177 Å². The van der Waals surface area contributed by atoms with Crippen LogP contribution in [0.4, 0.5) is 4.79 Å². The Morgan fingerprint density at radius 2 is 1.53 bits per heavy atom. The first-order valence-corrected chi connectivity index (χ1v) is 20.2. The van der Waals surface area contributed by atoms with E-state index in [2.05, 4.69) is 15.6 Å². The molecule has 302 valence electrons. The molecule has 11 heteroatoms. The first-order valence-electron chi connectivity index (χ1n) is 20.2. The molecule has 5 N–H and O–H groups in total. The van der Waals surface area contributed by atoms with Crippen molar-refractivity contribution in [3.8, 4) is 11.5 Å². The summed E-state index contributed by atoms with van der Waals surface area (Å²) >= 11 is 0. The van der Waals surface area contributed by atoms with Crippen molar-refractivity contribution < 1.29 is 33.8 Å². The van der Waals surface area contributed by atoms with Crippen molar-refractivity contribution >= 4 is 22.8 Å². The summed E-state index contributed by atoms with van der Waals surface area (Å²) in [5.41, 5.74) is 5.09. The number of ketones is 1. The molecule has 5 aromatic carbocycles. The van der Waals surface area contributed by atoms with Crippen LogP contribution in [0.3, 0.4) is 0 Å². The number of amides is 1. The van der Waals surface area contributed by atoms with E-state index in [1.165, 1.54) is 12.1 Å². The van der Waals surface area contributed by atoms with Gasteiger partial charge < -0.3 is 39.8 Å². The van der Waals surface area contributed by atoms with Gasteiger partial charge in [-0.25, -0.2) is 4.79 Å². The molecule has 11 nitrogen and oxygen atoms in total. The average molecular weight is 794 g/mol. The molecule has 3 aliphatic rings. The number of aromatic amines is 1. The van der Waals surface area contributed by atoms with Crippen LogP contribution in [-0.4, -0.2) is 70.4 Å². The topological polar surface area (TPSA) is 150 Å². The van der Waals surface area contributed by atoms with Gasteiger partial charge >= 0.3 is 6.09 Å².